The Bertz CT molecular complexity index is 1300. The van der Waals surface area contributed by atoms with Crippen LogP contribution < -0.4 is 10.9 Å². The van der Waals surface area contributed by atoms with Gasteiger partial charge in [-0.25, -0.2) is 0 Å². The zero-order valence-corrected chi connectivity index (χ0v) is 17.8. The number of carboxylic acids is 1. The number of hydrogen-bond acceptors (Lipinski definition) is 5. The highest BCUT2D eigenvalue weighted by Gasteiger charge is 2.35. The van der Waals surface area contributed by atoms with E-state index < -0.39 is 29.5 Å². The first-order valence-corrected chi connectivity index (χ1v) is 11.4. The molecule has 0 saturated carbocycles. The minimum atomic E-state index is -1.23. The van der Waals surface area contributed by atoms with Gasteiger partial charge in [-0.2, -0.15) is 11.8 Å². The number of allylic oxidation sites excluding steroid dienone is 6. The average Bonchev–Trinajstić information content (AvgIpc) is 3.28. The second-order valence-corrected chi connectivity index (χ2v) is 8.88. The summed E-state index contributed by atoms with van der Waals surface area (Å²) in [6, 6.07) is 10.0. The summed E-state index contributed by atoms with van der Waals surface area (Å²) >= 11 is 1.56. The van der Waals surface area contributed by atoms with Crippen molar-refractivity contribution in [3.05, 3.63) is 92.4 Å². The number of nitrogens with one attached hydrogen (secondary N) is 1. The molecular weight excluding hydrogens is 428 g/mol. The summed E-state index contributed by atoms with van der Waals surface area (Å²) < 4.78 is 1.59. The fraction of sp³-hybridized carbons (Fsp3) is 0.208. The molecule has 3 aliphatic rings. The predicted octanol–water partition coefficient (Wildman–Crippen LogP) is 2.69. The third-order valence-electron chi connectivity index (χ3n) is 6.07. The molecule has 1 unspecified atom stereocenters. The fourth-order valence-corrected chi connectivity index (χ4v) is 5.59. The van der Waals surface area contributed by atoms with E-state index in [0.717, 1.165) is 28.0 Å². The van der Waals surface area contributed by atoms with Gasteiger partial charge in [-0.15, -0.1) is 0 Å². The molecule has 3 N–H and O–H groups in total. The molecule has 2 aliphatic carbocycles. The molecular formula is C24H20N2O5S. The van der Waals surface area contributed by atoms with Gasteiger partial charge in [-0.05, 0) is 22.3 Å². The van der Waals surface area contributed by atoms with Crippen LogP contribution in [0.4, 0.5) is 0 Å². The van der Waals surface area contributed by atoms with Crippen molar-refractivity contribution in [3.8, 4) is 5.75 Å². The lowest BCUT2D eigenvalue weighted by atomic mass is 9.70. The molecule has 1 atom stereocenters. The Hall–Kier alpha value is -3.52. The number of amides is 1. The van der Waals surface area contributed by atoms with Gasteiger partial charge < -0.3 is 20.1 Å². The molecule has 2 aromatic rings. The third-order valence-corrected chi connectivity index (χ3v) is 7.04. The lowest BCUT2D eigenvalue weighted by molar-refractivity contribution is -0.135. The number of rotatable bonds is 6. The van der Waals surface area contributed by atoms with E-state index in [1.807, 2.05) is 30.3 Å². The topological polar surface area (TPSA) is 109 Å². The number of aromatic hydroxyl groups is 1. The van der Waals surface area contributed by atoms with Crippen LogP contribution in [0.1, 0.15) is 27.2 Å². The molecule has 0 saturated heterocycles. The monoisotopic (exact) mass is 448 g/mol. The molecule has 0 spiro atoms. The molecule has 0 fully saturated rings. The lowest BCUT2D eigenvalue weighted by Crippen LogP contribution is -2.39. The highest BCUT2D eigenvalue weighted by Crippen LogP contribution is 2.46. The van der Waals surface area contributed by atoms with E-state index in [1.165, 1.54) is 0 Å². The lowest BCUT2D eigenvalue weighted by Gasteiger charge is -2.36. The van der Waals surface area contributed by atoms with E-state index in [9.17, 15) is 19.5 Å². The second-order valence-electron chi connectivity index (χ2n) is 7.90. The number of hydrogen-bond donors (Lipinski definition) is 3. The van der Waals surface area contributed by atoms with E-state index in [0.29, 0.717) is 23.6 Å². The summed E-state index contributed by atoms with van der Waals surface area (Å²) in [5.74, 6) is -1.36. The number of carboxylic acid groups (broad SMARTS) is 1. The maximum atomic E-state index is 13.3. The number of carbonyl (C=O) groups is 2. The molecule has 2 heterocycles. The Morgan fingerprint density at radius 3 is 2.66 bits per heavy atom. The van der Waals surface area contributed by atoms with Crippen LogP contribution in [0, 0.1) is 5.92 Å². The first-order chi connectivity index (χ1) is 15.5. The molecule has 5 rings (SSSR count). The van der Waals surface area contributed by atoms with Crippen LogP contribution in [0.25, 0.3) is 5.57 Å². The summed E-state index contributed by atoms with van der Waals surface area (Å²) in [7, 11) is 0. The van der Waals surface area contributed by atoms with Crippen LogP contribution in [0.5, 0.6) is 5.75 Å². The zero-order chi connectivity index (χ0) is 22.4. The SMILES string of the molecule is O=C(O)CNC(=O)c1c(O)c2c(n(CC3c4ccc(-c5ccccc5)c3c4)c1=O)CSC2. The number of benzene rings is 1. The fourth-order valence-electron chi connectivity index (χ4n) is 4.45. The highest BCUT2D eigenvalue weighted by atomic mass is 32.2. The predicted molar refractivity (Wildman–Crippen MR) is 121 cm³/mol. The second kappa shape index (κ2) is 7.87. The van der Waals surface area contributed by atoms with Crippen LogP contribution in [-0.2, 0) is 22.8 Å². The number of nitrogens with zero attached hydrogens (tertiary/aromatic N) is 1. The van der Waals surface area contributed by atoms with E-state index in [1.54, 1.807) is 16.3 Å². The summed E-state index contributed by atoms with van der Waals surface area (Å²) in [6.07, 6.45) is 6.26. The minimum absolute atomic E-state index is 0.0158. The van der Waals surface area contributed by atoms with Crippen LogP contribution in [0.3, 0.4) is 0 Å². The standard InChI is InChI=1S/C24H20N2O5S/c27-20(28)9-25-23(30)21-22(29)18-11-32-12-19(18)26(24(21)31)10-17-14-6-7-15(16(17)8-14)13-4-2-1-3-5-13/h1-8,17,29H,9-12H2,(H,25,30)(H,27,28). The van der Waals surface area contributed by atoms with E-state index >= 15 is 0 Å². The van der Waals surface area contributed by atoms with E-state index in [4.69, 9.17) is 5.11 Å². The average molecular weight is 449 g/mol. The molecule has 1 amide bonds. The van der Waals surface area contributed by atoms with Crippen molar-refractivity contribution < 1.29 is 19.8 Å². The van der Waals surface area contributed by atoms with Crippen LogP contribution in [-0.4, -0.2) is 33.2 Å². The zero-order valence-electron chi connectivity index (χ0n) is 17.0. The summed E-state index contributed by atoms with van der Waals surface area (Å²) in [4.78, 5) is 36.7. The molecule has 162 valence electrons. The Kier molecular flexibility index (Phi) is 5.01. The number of fused-ring (bicyclic) bond motifs is 3. The summed E-state index contributed by atoms with van der Waals surface area (Å²) in [5, 5.41) is 21.7. The Labute approximate surface area is 187 Å². The van der Waals surface area contributed by atoms with Gasteiger partial charge >= 0.3 is 5.97 Å². The van der Waals surface area contributed by atoms with Gasteiger partial charge in [0, 0.05) is 35.2 Å². The number of aromatic nitrogens is 1. The molecule has 1 aromatic carbocycles. The largest absolute Gasteiger partial charge is 0.507 e. The van der Waals surface area contributed by atoms with Gasteiger partial charge in [0.2, 0.25) is 0 Å². The normalized spacial score (nSPS) is 18.1. The molecule has 32 heavy (non-hydrogen) atoms. The van der Waals surface area contributed by atoms with Crippen molar-refractivity contribution in [2.24, 2.45) is 5.92 Å². The van der Waals surface area contributed by atoms with Crippen molar-refractivity contribution in [1.29, 1.82) is 0 Å². The summed E-state index contributed by atoms with van der Waals surface area (Å²) in [5.41, 5.74) is 4.79. The molecule has 8 heteroatoms. The van der Waals surface area contributed by atoms with Crippen molar-refractivity contribution in [2.75, 3.05) is 6.54 Å². The Balaban J connectivity index is 1.50. The van der Waals surface area contributed by atoms with Gasteiger partial charge in [-0.1, -0.05) is 48.6 Å². The van der Waals surface area contributed by atoms with Crippen LogP contribution in [0.15, 0.2) is 64.5 Å². The first-order valence-electron chi connectivity index (χ1n) is 10.2. The quantitative estimate of drug-likeness (QED) is 0.627. The van der Waals surface area contributed by atoms with Gasteiger partial charge in [0.1, 0.15) is 17.9 Å². The number of thioether (sulfide) groups is 1. The third kappa shape index (κ3) is 3.27. The van der Waals surface area contributed by atoms with Crippen molar-refractivity contribution in [2.45, 2.75) is 18.1 Å². The molecule has 7 nitrogen and oxygen atoms in total. The van der Waals surface area contributed by atoms with Crippen LogP contribution >= 0.6 is 11.8 Å². The minimum Gasteiger partial charge on any atom is -0.507 e. The molecule has 0 radical (unpaired) electrons. The van der Waals surface area contributed by atoms with E-state index in [-0.39, 0.29) is 11.7 Å². The highest BCUT2D eigenvalue weighted by molar-refractivity contribution is 7.98. The maximum absolute atomic E-state index is 13.3. The maximum Gasteiger partial charge on any atom is 0.322 e. The van der Waals surface area contributed by atoms with E-state index in [2.05, 4.69) is 23.5 Å². The van der Waals surface area contributed by atoms with Crippen molar-refractivity contribution in [1.82, 2.24) is 9.88 Å². The van der Waals surface area contributed by atoms with Crippen molar-refractivity contribution >= 4 is 29.2 Å². The van der Waals surface area contributed by atoms with Crippen LogP contribution in [0.2, 0.25) is 0 Å². The number of pyridine rings is 1. The van der Waals surface area contributed by atoms with Gasteiger partial charge in [0.15, 0.2) is 0 Å². The number of carbonyl (C=O) groups excluding carboxylic acids is 1. The summed E-state index contributed by atoms with van der Waals surface area (Å²) in [6.45, 7) is -0.264. The number of aliphatic carboxylic acids is 1. The Morgan fingerprint density at radius 2 is 1.94 bits per heavy atom. The molecule has 2 bridgehead atoms. The van der Waals surface area contributed by atoms with Crippen molar-refractivity contribution in [3.63, 3.8) is 0 Å². The molecule has 1 aromatic heterocycles. The van der Waals surface area contributed by atoms with Gasteiger partial charge in [0.05, 0.1) is 0 Å². The smallest absolute Gasteiger partial charge is 0.322 e. The Morgan fingerprint density at radius 1 is 1.16 bits per heavy atom. The molecule has 1 aliphatic heterocycles. The van der Waals surface area contributed by atoms with Gasteiger partial charge in [0.25, 0.3) is 11.5 Å². The van der Waals surface area contributed by atoms with Gasteiger partial charge in [-0.3, -0.25) is 14.4 Å². The first kappa shape index (κ1) is 20.4.